The number of rotatable bonds is 5. The van der Waals surface area contributed by atoms with Gasteiger partial charge in [-0.1, -0.05) is 6.07 Å². The minimum Gasteiger partial charge on any atom is -0.398 e. The number of nitrogens with two attached hydrogens (primary N) is 1. The van der Waals surface area contributed by atoms with Gasteiger partial charge in [0.1, 0.15) is 10.7 Å². The lowest BCUT2D eigenvalue weighted by Gasteiger charge is -2.20. The van der Waals surface area contributed by atoms with Crippen LogP contribution in [0.4, 0.5) is 10.1 Å². The van der Waals surface area contributed by atoms with Gasteiger partial charge in [-0.05, 0) is 26.2 Å². The molecule has 0 atom stereocenters. The maximum atomic E-state index is 13.6. The van der Waals surface area contributed by atoms with E-state index >= 15 is 0 Å². The van der Waals surface area contributed by atoms with E-state index in [4.69, 9.17) is 5.73 Å². The zero-order valence-electron chi connectivity index (χ0n) is 10.7. The van der Waals surface area contributed by atoms with E-state index in [9.17, 15) is 12.8 Å². The van der Waals surface area contributed by atoms with Crippen molar-refractivity contribution in [3.05, 3.63) is 24.0 Å². The molecule has 0 aromatic heterocycles. The number of nitrogens with zero attached hydrogens (tertiary/aromatic N) is 2. The summed E-state index contributed by atoms with van der Waals surface area (Å²) in [5, 5.41) is 0. The summed E-state index contributed by atoms with van der Waals surface area (Å²) in [6.45, 7) is 0.813. The van der Waals surface area contributed by atoms with Crippen molar-refractivity contribution in [2.75, 3.05) is 40.0 Å². The second-order valence-corrected chi connectivity index (χ2v) is 6.27. The average Bonchev–Trinajstić information content (AvgIpc) is 2.25. The molecule has 0 aliphatic heterocycles. The predicted molar refractivity (Wildman–Crippen MR) is 69.2 cm³/mol. The fourth-order valence-electron chi connectivity index (χ4n) is 1.41. The van der Waals surface area contributed by atoms with Crippen LogP contribution in [0.1, 0.15) is 0 Å². The molecule has 0 spiro atoms. The van der Waals surface area contributed by atoms with Crippen molar-refractivity contribution in [3.8, 4) is 0 Å². The summed E-state index contributed by atoms with van der Waals surface area (Å²) in [6, 6.07) is 3.84. The molecular formula is C11H18FN3O2S. The molecule has 0 saturated carbocycles. The second kappa shape index (κ2) is 5.64. The van der Waals surface area contributed by atoms with E-state index in [1.807, 2.05) is 19.0 Å². The minimum atomic E-state index is -3.89. The Kier molecular flexibility index (Phi) is 4.66. The Hall–Kier alpha value is -1.18. The topological polar surface area (TPSA) is 66.6 Å². The van der Waals surface area contributed by atoms with Crippen LogP contribution in [0.25, 0.3) is 0 Å². The number of anilines is 1. The summed E-state index contributed by atoms with van der Waals surface area (Å²) in [4.78, 5) is 1.39. The largest absolute Gasteiger partial charge is 0.398 e. The van der Waals surface area contributed by atoms with Crippen molar-refractivity contribution in [1.29, 1.82) is 0 Å². The summed E-state index contributed by atoms with van der Waals surface area (Å²) < 4.78 is 39.1. The van der Waals surface area contributed by atoms with Crippen LogP contribution in [0, 0.1) is 5.82 Å². The number of benzene rings is 1. The molecule has 18 heavy (non-hydrogen) atoms. The Morgan fingerprint density at radius 2 is 1.83 bits per heavy atom. The summed E-state index contributed by atoms with van der Waals surface area (Å²) in [6.07, 6.45) is 0. The summed E-state index contributed by atoms with van der Waals surface area (Å²) in [7, 11) is 1.18. The second-order valence-electron chi connectivity index (χ2n) is 4.29. The number of sulfonamides is 1. The third kappa shape index (κ3) is 3.18. The molecule has 1 aromatic carbocycles. The predicted octanol–water partition coefficient (Wildman–Crippen LogP) is 0.590. The quantitative estimate of drug-likeness (QED) is 0.799. The van der Waals surface area contributed by atoms with Crippen LogP contribution in [-0.4, -0.2) is 51.9 Å². The average molecular weight is 275 g/mol. The number of nitrogen functional groups attached to an aromatic ring is 1. The van der Waals surface area contributed by atoms with Crippen LogP contribution in [-0.2, 0) is 10.0 Å². The first kappa shape index (κ1) is 14.9. The lowest BCUT2D eigenvalue weighted by molar-refractivity contribution is 0.357. The van der Waals surface area contributed by atoms with Crippen molar-refractivity contribution < 1.29 is 12.8 Å². The highest BCUT2D eigenvalue weighted by Gasteiger charge is 2.26. The molecular weight excluding hydrogens is 257 g/mol. The maximum Gasteiger partial charge on any atom is 0.247 e. The molecule has 0 radical (unpaired) electrons. The molecule has 0 amide bonds. The number of hydrogen-bond donors (Lipinski definition) is 1. The van der Waals surface area contributed by atoms with Gasteiger partial charge in [-0.3, -0.25) is 0 Å². The summed E-state index contributed by atoms with van der Waals surface area (Å²) in [5.41, 5.74) is 5.47. The van der Waals surface area contributed by atoms with Gasteiger partial charge in [0.25, 0.3) is 0 Å². The van der Waals surface area contributed by atoms with Crippen LogP contribution >= 0.6 is 0 Å². The number of likely N-dealkylation sites (N-methyl/N-ethyl adjacent to an activating group) is 2. The maximum absolute atomic E-state index is 13.6. The van der Waals surface area contributed by atoms with Crippen molar-refractivity contribution in [3.63, 3.8) is 0 Å². The van der Waals surface area contributed by atoms with Gasteiger partial charge in [0.15, 0.2) is 0 Å². The Labute approximate surface area is 107 Å². The molecule has 0 fully saturated rings. The van der Waals surface area contributed by atoms with E-state index in [1.54, 1.807) is 0 Å². The van der Waals surface area contributed by atoms with Gasteiger partial charge in [0.05, 0.1) is 5.69 Å². The van der Waals surface area contributed by atoms with Crippen molar-refractivity contribution in [1.82, 2.24) is 9.21 Å². The normalized spacial score (nSPS) is 12.3. The lowest BCUT2D eigenvalue weighted by Crippen LogP contribution is -2.34. The van der Waals surface area contributed by atoms with Gasteiger partial charge >= 0.3 is 0 Å². The molecule has 0 aliphatic carbocycles. The Bertz CT molecular complexity index is 497. The zero-order chi connectivity index (χ0) is 13.9. The van der Waals surface area contributed by atoms with E-state index in [1.165, 1.54) is 19.2 Å². The van der Waals surface area contributed by atoms with Crippen LogP contribution in [0.3, 0.4) is 0 Å². The Balaban J connectivity index is 3.06. The van der Waals surface area contributed by atoms with E-state index in [-0.39, 0.29) is 12.2 Å². The van der Waals surface area contributed by atoms with Crippen LogP contribution < -0.4 is 5.73 Å². The minimum absolute atomic E-state index is 0.0771. The molecule has 2 N–H and O–H groups in total. The van der Waals surface area contributed by atoms with Crippen LogP contribution in [0.5, 0.6) is 0 Å². The highest BCUT2D eigenvalue weighted by molar-refractivity contribution is 7.89. The van der Waals surface area contributed by atoms with Gasteiger partial charge in [0, 0.05) is 20.1 Å². The van der Waals surface area contributed by atoms with Gasteiger partial charge in [-0.25, -0.2) is 12.8 Å². The monoisotopic (exact) mass is 275 g/mol. The molecule has 1 aromatic rings. The first-order valence-corrected chi connectivity index (χ1v) is 6.86. The molecule has 1 rings (SSSR count). The van der Waals surface area contributed by atoms with Gasteiger partial charge in [0.2, 0.25) is 10.0 Å². The highest BCUT2D eigenvalue weighted by atomic mass is 32.2. The smallest absolute Gasteiger partial charge is 0.247 e. The summed E-state index contributed by atoms with van der Waals surface area (Å²) in [5.74, 6) is -0.827. The Morgan fingerprint density at radius 1 is 1.22 bits per heavy atom. The van der Waals surface area contributed by atoms with Crippen LogP contribution in [0.15, 0.2) is 23.1 Å². The van der Waals surface area contributed by atoms with Crippen LogP contribution in [0.2, 0.25) is 0 Å². The fraction of sp³-hybridized carbons (Fsp3) is 0.455. The van der Waals surface area contributed by atoms with Gasteiger partial charge in [-0.2, -0.15) is 4.31 Å². The molecule has 0 unspecified atom stereocenters. The molecule has 102 valence electrons. The van der Waals surface area contributed by atoms with Crippen molar-refractivity contribution in [2.45, 2.75) is 4.90 Å². The number of halogens is 1. The summed E-state index contributed by atoms with van der Waals surface area (Å²) >= 11 is 0. The van der Waals surface area contributed by atoms with Crippen molar-refractivity contribution in [2.24, 2.45) is 0 Å². The molecule has 0 bridgehead atoms. The van der Waals surface area contributed by atoms with E-state index in [0.29, 0.717) is 6.54 Å². The first-order valence-electron chi connectivity index (χ1n) is 5.42. The molecule has 7 heteroatoms. The van der Waals surface area contributed by atoms with Gasteiger partial charge < -0.3 is 10.6 Å². The fourth-order valence-corrected chi connectivity index (χ4v) is 2.73. The SMILES string of the molecule is CN(C)CCN(C)S(=O)(=O)c1c(N)cccc1F. The van der Waals surface area contributed by atoms with E-state index in [2.05, 4.69) is 0 Å². The van der Waals surface area contributed by atoms with Gasteiger partial charge in [-0.15, -0.1) is 0 Å². The molecule has 0 saturated heterocycles. The first-order chi connectivity index (χ1) is 8.26. The third-order valence-electron chi connectivity index (χ3n) is 2.53. The lowest BCUT2D eigenvalue weighted by atomic mass is 10.3. The van der Waals surface area contributed by atoms with E-state index < -0.39 is 20.7 Å². The molecule has 0 aliphatic rings. The zero-order valence-corrected chi connectivity index (χ0v) is 11.5. The third-order valence-corrected chi connectivity index (χ3v) is 4.48. The highest BCUT2D eigenvalue weighted by Crippen LogP contribution is 2.24. The standard InChI is InChI=1S/C11H18FN3O2S/c1-14(2)7-8-15(3)18(16,17)11-9(12)5-4-6-10(11)13/h4-6H,7-8,13H2,1-3H3. The van der Waals surface area contributed by atoms with E-state index in [0.717, 1.165) is 10.4 Å². The molecule has 5 nitrogen and oxygen atoms in total. The Morgan fingerprint density at radius 3 is 2.33 bits per heavy atom. The van der Waals surface area contributed by atoms with Crippen molar-refractivity contribution >= 4 is 15.7 Å². The molecule has 0 heterocycles. The number of hydrogen-bond acceptors (Lipinski definition) is 4.